The average molecular weight is 468 g/mol. The van der Waals surface area contributed by atoms with Crippen LogP contribution in [0.3, 0.4) is 0 Å². The molecule has 1 aliphatic rings. The lowest BCUT2D eigenvalue weighted by atomic mass is 9.85. The summed E-state index contributed by atoms with van der Waals surface area (Å²) in [5, 5.41) is 11.5. The van der Waals surface area contributed by atoms with Crippen molar-refractivity contribution in [2.24, 2.45) is 0 Å². The van der Waals surface area contributed by atoms with Gasteiger partial charge in [0.25, 0.3) is 0 Å². The van der Waals surface area contributed by atoms with Crippen molar-refractivity contribution >= 4 is 17.3 Å². The smallest absolute Gasteiger partial charge is 0.409 e. The molecule has 1 amide bonds. The van der Waals surface area contributed by atoms with Gasteiger partial charge in [0.2, 0.25) is 0 Å². The second kappa shape index (κ2) is 10.4. The van der Waals surface area contributed by atoms with E-state index in [9.17, 15) is 4.79 Å². The highest BCUT2D eigenvalue weighted by molar-refractivity contribution is 5.88. The molecule has 1 aliphatic carbocycles. The zero-order chi connectivity index (χ0) is 24.2. The van der Waals surface area contributed by atoms with Crippen LogP contribution in [0.2, 0.25) is 0 Å². The molecule has 34 heavy (non-hydrogen) atoms. The number of ether oxygens (including phenoxy) is 2. The number of benzene rings is 1. The number of carboxylic acid groups (broad SMARTS) is 1. The molecule has 1 fully saturated rings. The van der Waals surface area contributed by atoms with Gasteiger partial charge >= 0.3 is 6.09 Å². The third-order valence-corrected chi connectivity index (χ3v) is 6.81. The van der Waals surface area contributed by atoms with Crippen molar-refractivity contribution < 1.29 is 19.4 Å². The summed E-state index contributed by atoms with van der Waals surface area (Å²) in [5.41, 5.74) is 3.96. The fourth-order valence-corrected chi connectivity index (χ4v) is 4.96. The van der Waals surface area contributed by atoms with E-state index in [-0.39, 0.29) is 0 Å². The van der Waals surface area contributed by atoms with Crippen molar-refractivity contribution in [3.63, 3.8) is 0 Å². The molecule has 0 unspecified atom stereocenters. The Morgan fingerprint density at radius 1 is 1.26 bits per heavy atom. The van der Waals surface area contributed by atoms with Crippen LogP contribution in [-0.2, 0) is 4.74 Å². The lowest BCUT2D eigenvalue weighted by Crippen LogP contribution is -2.37. The van der Waals surface area contributed by atoms with Crippen molar-refractivity contribution in [2.75, 3.05) is 39.7 Å². The number of hydrogen-bond donors (Lipinski definition) is 2. The van der Waals surface area contributed by atoms with Gasteiger partial charge in [-0.1, -0.05) is 6.07 Å². The highest BCUT2D eigenvalue weighted by Crippen LogP contribution is 2.38. The molecule has 1 saturated carbocycles. The second-order valence-corrected chi connectivity index (χ2v) is 8.87. The molecular formula is C25H33N5O4. The van der Waals surface area contributed by atoms with Crippen molar-refractivity contribution in [1.29, 1.82) is 0 Å². The van der Waals surface area contributed by atoms with Gasteiger partial charge in [0.15, 0.2) is 0 Å². The zero-order valence-electron chi connectivity index (χ0n) is 20.2. The molecule has 9 heteroatoms. The Balaban J connectivity index is 1.66. The second-order valence-electron chi connectivity index (χ2n) is 8.87. The highest BCUT2D eigenvalue weighted by Gasteiger charge is 2.29. The number of aromatic nitrogens is 3. The first-order valence-electron chi connectivity index (χ1n) is 11.6. The van der Waals surface area contributed by atoms with Crippen molar-refractivity contribution in [3.8, 4) is 17.0 Å². The van der Waals surface area contributed by atoms with Gasteiger partial charge in [-0.05, 0) is 51.8 Å². The predicted molar refractivity (Wildman–Crippen MR) is 131 cm³/mol. The van der Waals surface area contributed by atoms with Gasteiger partial charge in [-0.25, -0.2) is 9.78 Å². The van der Waals surface area contributed by atoms with Gasteiger partial charge < -0.3 is 19.5 Å². The molecule has 2 N–H and O–H groups in total. The lowest BCUT2D eigenvalue weighted by Gasteiger charge is -2.34. The van der Waals surface area contributed by atoms with Crippen LogP contribution in [0.5, 0.6) is 5.75 Å². The Morgan fingerprint density at radius 2 is 2.03 bits per heavy atom. The number of imidazole rings is 1. The summed E-state index contributed by atoms with van der Waals surface area (Å²) in [6, 6.07) is 5.97. The van der Waals surface area contributed by atoms with Crippen LogP contribution in [0.1, 0.15) is 43.1 Å². The molecule has 2 aromatic heterocycles. The van der Waals surface area contributed by atoms with E-state index in [0.29, 0.717) is 23.4 Å². The SMILES string of the molecule is COCCN(C)[C@H]1CC[C@H](c2nc(-c3ccc(NC(=O)O)c(OC)c3)c3c(C)nccn32)CC1. The number of methoxy groups -OCH3 is 2. The van der Waals surface area contributed by atoms with E-state index in [2.05, 4.69) is 26.6 Å². The van der Waals surface area contributed by atoms with Gasteiger partial charge in [-0.15, -0.1) is 0 Å². The van der Waals surface area contributed by atoms with E-state index in [1.165, 1.54) is 7.11 Å². The minimum absolute atomic E-state index is 0.366. The minimum atomic E-state index is -1.13. The number of nitrogens with one attached hydrogen (secondary N) is 1. The van der Waals surface area contributed by atoms with Gasteiger partial charge in [0.05, 0.1) is 36.3 Å². The Kier molecular flexibility index (Phi) is 7.33. The maximum atomic E-state index is 11.1. The molecule has 9 nitrogen and oxygen atoms in total. The lowest BCUT2D eigenvalue weighted by molar-refractivity contribution is 0.119. The third kappa shape index (κ3) is 4.85. The first-order chi connectivity index (χ1) is 16.4. The quantitative estimate of drug-likeness (QED) is 0.506. The number of nitrogens with zero attached hydrogens (tertiary/aromatic N) is 4. The number of fused-ring (bicyclic) bond motifs is 1. The van der Waals surface area contributed by atoms with E-state index in [4.69, 9.17) is 19.6 Å². The molecule has 2 heterocycles. The van der Waals surface area contributed by atoms with Gasteiger partial charge in [0, 0.05) is 43.6 Å². The summed E-state index contributed by atoms with van der Waals surface area (Å²) in [5.74, 6) is 1.87. The number of rotatable bonds is 8. The van der Waals surface area contributed by atoms with Gasteiger partial charge in [-0.2, -0.15) is 0 Å². The van der Waals surface area contributed by atoms with Crippen LogP contribution in [-0.4, -0.2) is 70.9 Å². The van der Waals surface area contributed by atoms with Crippen molar-refractivity contribution in [2.45, 2.75) is 44.6 Å². The van der Waals surface area contributed by atoms with E-state index < -0.39 is 6.09 Å². The van der Waals surface area contributed by atoms with Gasteiger partial charge in [-0.3, -0.25) is 14.7 Å². The predicted octanol–water partition coefficient (Wildman–Crippen LogP) is 4.41. The minimum Gasteiger partial charge on any atom is -0.495 e. The molecule has 0 radical (unpaired) electrons. The number of anilines is 1. The number of aryl methyl sites for hydroxylation is 1. The van der Waals surface area contributed by atoms with Crippen LogP contribution in [0.4, 0.5) is 10.5 Å². The molecule has 0 spiro atoms. The van der Waals surface area contributed by atoms with Crippen molar-refractivity contribution in [3.05, 3.63) is 42.1 Å². The zero-order valence-corrected chi connectivity index (χ0v) is 20.2. The molecule has 0 aliphatic heterocycles. The summed E-state index contributed by atoms with van der Waals surface area (Å²) in [6.45, 7) is 3.69. The summed E-state index contributed by atoms with van der Waals surface area (Å²) in [7, 11) is 5.45. The number of likely N-dealkylation sites (N-methyl/N-ethyl adjacent to an activating group) is 1. The number of amides is 1. The fraction of sp³-hybridized carbons (Fsp3) is 0.480. The highest BCUT2D eigenvalue weighted by atomic mass is 16.5. The van der Waals surface area contributed by atoms with Crippen molar-refractivity contribution in [1.82, 2.24) is 19.3 Å². The fourth-order valence-electron chi connectivity index (χ4n) is 4.96. The molecule has 1 aromatic carbocycles. The average Bonchev–Trinajstić information content (AvgIpc) is 3.23. The first-order valence-corrected chi connectivity index (χ1v) is 11.6. The van der Waals surface area contributed by atoms with Crippen LogP contribution in [0.15, 0.2) is 30.6 Å². The van der Waals surface area contributed by atoms with E-state index >= 15 is 0 Å². The normalized spacial score (nSPS) is 18.4. The molecular weight excluding hydrogens is 434 g/mol. The Morgan fingerprint density at radius 3 is 2.71 bits per heavy atom. The van der Waals surface area contributed by atoms with Crippen LogP contribution >= 0.6 is 0 Å². The molecule has 0 atom stereocenters. The largest absolute Gasteiger partial charge is 0.495 e. The summed E-state index contributed by atoms with van der Waals surface area (Å²) < 4.78 is 12.9. The van der Waals surface area contributed by atoms with E-state index in [1.807, 2.05) is 31.5 Å². The molecule has 3 aromatic rings. The summed E-state index contributed by atoms with van der Waals surface area (Å²) >= 11 is 0. The molecule has 0 saturated heterocycles. The van der Waals surface area contributed by atoms with Crippen LogP contribution in [0, 0.1) is 6.92 Å². The number of carbonyl (C=O) groups is 1. The van der Waals surface area contributed by atoms with E-state index in [0.717, 1.165) is 67.1 Å². The van der Waals surface area contributed by atoms with Gasteiger partial charge in [0.1, 0.15) is 11.6 Å². The first kappa shape index (κ1) is 24.0. The van der Waals surface area contributed by atoms with E-state index in [1.54, 1.807) is 13.2 Å². The Bertz CT molecular complexity index is 1150. The third-order valence-electron chi connectivity index (χ3n) is 6.81. The topological polar surface area (TPSA) is 101 Å². The maximum absolute atomic E-state index is 11.1. The summed E-state index contributed by atoms with van der Waals surface area (Å²) in [6.07, 6.45) is 7.08. The molecule has 182 valence electrons. The maximum Gasteiger partial charge on any atom is 0.409 e. The van der Waals surface area contributed by atoms with Crippen LogP contribution < -0.4 is 10.1 Å². The Labute approximate surface area is 199 Å². The molecule has 0 bridgehead atoms. The number of hydrogen-bond acceptors (Lipinski definition) is 6. The Hall–Kier alpha value is -3.17. The standard InChI is InChI=1S/C25H33N5O4/c1-16-23-22(18-7-10-20(27-25(31)32)21(15-18)34-4)28-24(30(23)12-11-26-16)17-5-8-19(9-6-17)29(2)13-14-33-3/h7,10-12,15,17,19,27H,5-6,8-9,13-14H2,1-4H3,(H,31,32)/t17-,19-. The monoisotopic (exact) mass is 467 g/mol. The van der Waals surface area contributed by atoms with Crippen LogP contribution in [0.25, 0.3) is 16.8 Å². The summed E-state index contributed by atoms with van der Waals surface area (Å²) in [4.78, 5) is 23.2. The molecule has 4 rings (SSSR count).